The van der Waals surface area contributed by atoms with E-state index in [0.29, 0.717) is 23.4 Å². The first-order valence-electron chi connectivity index (χ1n) is 16.9. The number of hydrogen-bond acceptors (Lipinski definition) is 5. The van der Waals surface area contributed by atoms with E-state index in [2.05, 4.69) is 74.8 Å². The summed E-state index contributed by atoms with van der Waals surface area (Å²) in [7, 11) is 0. The van der Waals surface area contributed by atoms with Crippen LogP contribution >= 0.6 is 0 Å². The molecule has 1 atom stereocenters. The Labute approximate surface area is 294 Å². The summed E-state index contributed by atoms with van der Waals surface area (Å²) in [4.78, 5) is 9.99. The third-order valence-corrected chi connectivity index (χ3v) is 10.2. The Balaban J connectivity index is 1.38. The van der Waals surface area contributed by atoms with E-state index in [4.69, 9.17) is 4.98 Å². The molecular formula is C44H29N7. The van der Waals surface area contributed by atoms with Gasteiger partial charge in [0.15, 0.2) is 0 Å². The standard InChI is InChI=1S/C44H29N7/c1-44(27-47)18-16-40-37(23-44)36-20-28(24-45)14-15-39(36)50(40)42-21-30(32-10-4-5-11-33(32)31-9-3-2-8-29(31)25-46)22-43(49-42)51-38-13-7-6-12-34(38)35-17-19-48-26-41(35)51/h2-6,8-12,14-22,26H,7,13,23H2,1H3. The van der Waals surface area contributed by atoms with Crippen molar-refractivity contribution in [2.45, 2.75) is 26.2 Å². The third kappa shape index (κ3) is 4.70. The maximum atomic E-state index is 10.1. The van der Waals surface area contributed by atoms with Gasteiger partial charge in [-0.2, -0.15) is 15.8 Å². The SMILES string of the molecule is CC1(C#N)C=Cc2c(c3cc(C#N)ccc3n2-c2cc(-c3ccccc3-c3ccccc3C#N)cc(-n3c4c(c5ccncc53)C=CCC4)n2)C1. The zero-order valence-electron chi connectivity index (χ0n) is 27.8. The van der Waals surface area contributed by atoms with E-state index >= 15 is 0 Å². The van der Waals surface area contributed by atoms with Crippen LogP contribution < -0.4 is 0 Å². The van der Waals surface area contributed by atoms with Crippen LogP contribution in [-0.2, 0) is 12.8 Å². The maximum absolute atomic E-state index is 10.1. The topological polar surface area (TPSA) is 107 Å². The van der Waals surface area contributed by atoms with Crippen LogP contribution in [0.3, 0.4) is 0 Å². The van der Waals surface area contributed by atoms with Gasteiger partial charge in [0.1, 0.15) is 11.6 Å². The van der Waals surface area contributed by atoms with Gasteiger partial charge in [0.05, 0.1) is 57.7 Å². The predicted octanol–water partition coefficient (Wildman–Crippen LogP) is 9.50. The van der Waals surface area contributed by atoms with Crippen LogP contribution in [0.4, 0.5) is 0 Å². The Hall–Kier alpha value is -7.01. The van der Waals surface area contributed by atoms with Crippen molar-refractivity contribution in [3.05, 3.63) is 143 Å². The molecular weight excluding hydrogens is 627 g/mol. The first-order valence-corrected chi connectivity index (χ1v) is 16.9. The number of nitrogens with zero attached hydrogens (tertiary/aromatic N) is 7. The van der Waals surface area contributed by atoms with Gasteiger partial charge >= 0.3 is 0 Å². The van der Waals surface area contributed by atoms with Crippen molar-refractivity contribution in [2.75, 3.05) is 0 Å². The number of pyridine rings is 2. The number of benzene rings is 3. The molecule has 0 saturated heterocycles. The number of allylic oxidation sites excluding steroid dienone is 2. The van der Waals surface area contributed by atoms with Crippen LogP contribution in [0.25, 0.3) is 67.8 Å². The molecule has 0 spiro atoms. The summed E-state index contributed by atoms with van der Waals surface area (Å²) < 4.78 is 4.41. The number of rotatable bonds is 4. The zero-order valence-corrected chi connectivity index (χ0v) is 27.8. The van der Waals surface area contributed by atoms with Crippen LogP contribution in [0.15, 0.2) is 109 Å². The molecule has 0 aliphatic heterocycles. The molecule has 2 aliphatic carbocycles. The van der Waals surface area contributed by atoms with Gasteiger partial charge in [-0.05, 0) is 97.0 Å². The lowest BCUT2D eigenvalue weighted by molar-refractivity contribution is 0.561. The predicted molar refractivity (Wildman–Crippen MR) is 200 cm³/mol. The molecule has 0 saturated carbocycles. The van der Waals surface area contributed by atoms with Gasteiger partial charge < -0.3 is 0 Å². The molecule has 4 aromatic heterocycles. The van der Waals surface area contributed by atoms with Crippen molar-refractivity contribution in [1.29, 1.82) is 15.8 Å². The molecule has 0 N–H and O–H groups in total. The average molecular weight is 656 g/mol. The zero-order chi connectivity index (χ0) is 34.7. The fraction of sp³-hybridized carbons (Fsp3) is 0.114. The van der Waals surface area contributed by atoms with Crippen LogP contribution in [0.1, 0.15) is 47.0 Å². The first-order chi connectivity index (χ1) is 25.0. The van der Waals surface area contributed by atoms with E-state index in [9.17, 15) is 15.8 Å². The number of aromatic nitrogens is 4. The molecule has 9 rings (SSSR count). The van der Waals surface area contributed by atoms with Crippen molar-refractivity contribution >= 4 is 34.0 Å². The normalized spacial score (nSPS) is 16.0. The molecule has 240 valence electrons. The molecule has 3 aromatic carbocycles. The molecule has 0 bridgehead atoms. The van der Waals surface area contributed by atoms with Crippen LogP contribution in [0.2, 0.25) is 0 Å². The highest BCUT2D eigenvalue weighted by Gasteiger charge is 2.31. The van der Waals surface area contributed by atoms with Crippen molar-refractivity contribution in [3.63, 3.8) is 0 Å². The Morgan fingerprint density at radius 3 is 2.35 bits per heavy atom. The van der Waals surface area contributed by atoms with Gasteiger partial charge in [0.2, 0.25) is 0 Å². The summed E-state index contributed by atoms with van der Waals surface area (Å²) >= 11 is 0. The van der Waals surface area contributed by atoms with Crippen molar-refractivity contribution in [2.24, 2.45) is 5.41 Å². The summed E-state index contributed by atoms with van der Waals surface area (Å²) in [5.41, 5.74) is 10.4. The third-order valence-electron chi connectivity index (χ3n) is 10.2. The Kier molecular flexibility index (Phi) is 6.82. The summed E-state index contributed by atoms with van der Waals surface area (Å²) in [6.07, 6.45) is 14.5. The van der Waals surface area contributed by atoms with Crippen molar-refractivity contribution in [1.82, 2.24) is 19.1 Å². The Morgan fingerprint density at radius 1 is 0.765 bits per heavy atom. The molecule has 7 nitrogen and oxygen atoms in total. The Morgan fingerprint density at radius 2 is 1.55 bits per heavy atom. The Bertz CT molecular complexity index is 2790. The molecule has 1 unspecified atom stereocenters. The minimum atomic E-state index is -0.675. The quantitative estimate of drug-likeness (QED) is 0.188. The van der Waals surface area contributed by atoms with Gasteiger partial charge in [-0.3, -0.25) is 14.1 Å². The lowest BCUT2D eigenvalue weighted by Gasteiger charge is -2.23. The molecule has 7 heteroatoms. The summed E-state index contributed by atoms with van der Waals surface area (Å²) in [5, 5.41) is 32.1. The smallest absolute Gasteiger partial charge is 0.140 e. The van der Waals surface area contributed by atoms with E-state index in [1.807, 2.05) is 86.1 Å². The minimum absolute atomic E-state index is 0.516. The largest absolute Gasteiger partial charge is 0.296 e. The number of nitriles is 3. The highest BCUT2D eigenvalue weighted by atomic mass is 15.1. The summed E-state index contributed by atoms with van der Waals surface area (Å²) in [6, 6.07) is 35.1. The molecule has 2 aliphatic rings. The number of fused-ring (bicyclic) bond motifs is 6. The highest BCUT2D eigenvalue weighted by Crippen LogP contribution is 2.42. The van der Waals surface area contributed by atoms with Gasteiger partial charge in [0, 0.05) is 33.8 Å². The van der Waals surface area contributed by atoms with E-state index in [1.165, 1.54) is 11.3 Å². The van der Waals surface area contributed by atoms with E-state index in [0.717, 1.165) is 74.0 Å². The second-order valence-corrected chi connectivity index (χ2v) is 13.4. The molecule has 0 radical (unpaired) electrons. The van der Waals surface area contributed by atoms with Crippen LogP contribution in [-0.4, -0.2) is 19.1 Å². The fourth-order valence-corrected chi connectivity index (χ4v) is 7.82. The fourth-order valence-electron chi connectivity index (χ4n) is 7.82. The summed E-state index contributed by atoms with van der Waals surface area (Å²) in [5.74, 6) is 1.46. The van der Waals surface area contributed by atoms with E-state index in [-0.39, 0.29) is 0 Å². The second kappa shape index (κ2) is 11.6. The molecule has 0 amide bonds. The minimum Gasteiger partial charge on any atom is -0.296 e. The second-order valence-electron chi connectivity index (χ2n) is 13.4. The maximum Gasteiger partial charge on any atom is 0.140 e. The van der Waals surface area contributed by atoms with Gasteiger partial charge in [-0.1, -0.05) is 60.7 Å². The van der Waals surface area contributed by atoms with Crippen LogP contribution in [0.5, 0.6) is 0 Å². The lowest BCUT2D eigenvalue weighted by Crippen LogP contribution is -2.18. The van der Waals surface area contributed by atoms with Gasteiger partial charge in [-0.15, -0.1) is 0 Å². The lowest BCUT2D eigenvalue weighted by atomic mass is 9.80. The van der Waals surface area contributed by atoms with Crippen molar-refractivity contribution in [3.8, 4) is 52.1 Å². The summed E-state index contributed by atoms with van der Waals surface area (Å²) in [6.45, 7) is 1.94. The molecule has 7 aromatic rings. The molecule has 51 heavy (non-hydrogen) atoms. The van der Waals surface area contributed by atoms with E-state index < -0.39 is 5.41 Å². The van der Waals surface area contributed by atoms with Crippen molar-refractivity contribution < 1.29 is 0 Å². The molecule has 0 fully saturated rings. The first kappa shape index (κ1) is 30.1. The monoisotopic (exact) mass is 655 g/mol. The average Bonchev–Trinajstić information content (AvgIpc) is 3.69. The molecule has 4 heterocycles. The number of hydrogen-bond donors (Lipinski definition) is 0. The van der Waals surface area contributed by atoms with Gasteiger partial charge in [-0.25, -0.2) is 4.98 Å². The highest BCUT2D eigenvalue weighted by molar-refractivity contribution is 5.95. The van der Waals surface area contributed by atoms with E-state index in [1.54, 1.807) is 0 Å². The van der Waals surface area contributed by atoms with Crippen LogP contribution in [0, 0.1) is 39.4 Å². The van der Waals surface area contributed by atoms with Gasteiger partial charge in [0.25, 0.3) is 0 Å².